The summed E-state index contributed by atoms with van der Waals surface area (Å²) < 4.78 is 11.6. The highest BCUT2D eigenvalue weighted by molar-refractivity contribution is 6.76. The molecule has 0 unspecified atom stereocenters. The predicted molar refractivity (Wildman–Crippen MR) is 112 cm³/mol. The van der Waals surface area contributed by atoms with Crippen LogP contribution in [0.5, 0.6) is 5.75 Å². The van der Waals surface area contributed by atoms with Crippen molar-refractivity contribution in [2.45, 2.75) is 72.3 Å². The fourth-order valence-electron chi connectivity index (χ4n) is 3.51. The number of cyclic esters (lactones) is 1. The third-order valence-corrected chi connectivity index (χ3v) is 7.03. The standard InChI is InChI=1S/C22H34O4Si/c1-7-16(13-23)9-10-18-17(8-2)15(3)19-14-26-22(24)20(19)21(18)25-11-12-27(4,5)6/h9,23H,7-8,10-14H2,1-6H3. The number of fused-ring (bicyclic) bond motifs is 1. The molecule has 150 valence electrons. The van der Waals surface area contributed by atoms with Gasteiger partial charge in [-0.2, -0.15) is 0 Å². The lowest BCUT2D eigenvalue weighted by atomic mass is 9.89. The van der Waals surface area contributed by atoms with E-state index in [4.69, 9.17) is 9.47 Å². The molecule has 0 amide bonds. The summed E-state index contributed by atoms with van der Waals surface area (Å²) in [6.45, 7) is 14.2. The Morgan fingerprint density at radius 3 is 2.52 bits per heavy atom. The molecule has 4 nitrogen and oxygen atoms in total. The zero-order chi connectivity index (χ0) is 20.2. The summed E-state index contributed by atoms with van der Waals surface area (Å²) in [5.41, 5.74) is 6.05. The van der Waals surface area contributed by atoms with E-state index in [9.17, 15) is 9.90 Å². The lowest BCUT2D eigenvalue weighted by Crippen LogP contribution is -2.23. The predicted octanol–water partition coefficient (Wildman–Crippen LogP) is 4.82. The molecule has 1 heterocycles. The first-order chi connectivity index (χ1) is 12.7. The Morgan fingerprint density at radius 2 is 1.96 bits per heavy atom. The number of rotatable bonds is 9. The van der Waals surface area contributed by atoms with Gasteiger partial charge < -0.3 is 14.6 Å². The SMILES string of the molecule is CCC(=CCc1c(CC)c(C)c2c(c1OCC[Si](C)(C)C)C(=O)OC2)CO. The van der Waals surface area contributed by atoms with Gasteiger partial charge in [0, 0.05) is 19.2 Å². The molecule has 2 rings (SSSR count). The second kappa shape index (κ2) is 9.07. The lowest BCUT2D eigenvalue weighted by molar-refractivity contribution is 0.0532. The number of ether oxygens (including phenoxy) is 2. The number of hydrogen-bond acceptors (Lipinski definition) is 4. The van der Waals surface area contributed by atoms with Gasteiger partial charge in [-0.3, -0.25) is 0 Å². The van der Waals surface area contributed by atoms with Gasteiger partial charge in [0.2, 0.25) is 0 Å². The minimum atomic E-state index is -1.24. The van der Waals surface area contributed by atoms with Crippen LogP contribution in [-0.4, -0.2) is 32.4 Å². The van der Waals surface area contributed by atoms with Gasteiger partial charge in [0.25, 0.3) is 0 Å². The maximum absolute atomic E-state index is 12.5. The molecule has 0 atom stereocenters. The Kier molecular flexibility index (Phi) is 7.29. The highest BCUT2D eigenvalue weighted by Gasteiger charge is 2.32. The van der Waals surface area contributed by atoms with Crippen molar-refractivity contribution < 1.29 is 19.4 Å². The van der Waals surface area contributed by atoms with Gasteiger partial charge in [0.05, 0.1) is 13.2 Å². The van der Waals surface area contributed by atoms with Crippen LogP contribution in [0.4, 0.5) is 0 Å². The number of hydrogen-bond donors (Lipinski definition) is 1. The molecule has 0 bridgehead atoms. The minimum absolute atomic E-state index is 0.0652. The zero-order valence-corrected chi connectivity index (χ0v) is 18.7. The number of esters is 1. The lowest BCUT2D eigenvalue weighted by Gasteiger charge is -2.22. The summed E-state index contributed by atoms with van der Waals surface area (Å²) in [4.78, 5) is 12.5. The molecule has 0 radical (unpaired) electrons. The molecule has 5 heteroatoms. The maximum Gasteiger partial charge on any atom is 0.342 e. The van der Waals surface area contributed by atoms with Crippen molar-refractivity contribution in [1.29, 1.82) is 0 Å². The van der Waals surface area contributed by atoms with Gasteiger partial charge in [-0.15, -0.1) is 0 Å². The molecular weight excluding hydrogens is 356 g/mol. The molecule has 27 heavy (non-hydrogen) atoms. The van der Waals surface area contributed by atoms with Crippen molar-refractivity contribution in [3.63, 3.8) is 0 Å². The highest BCUT2D eigenvalue weighted by Crippen LogP contribution is 2.39. The summed E-state index contributed by atoms with van der Waals surface area (Å²) >= 11 is 0. The minimum Gasteiger partial charge on any atom is -0.493 e. The van der Waals surface area contributed by atoms with Gasteiger partial charge in [0.15, 0.2) is 0 Å². The fraction of sp³-hybridized carbons (Fsp3) is 0.591. The van der Waals surface area contributed by atoms with E-state index >= 15 is 0 Å². The summed E-state index contributed by atoms with van der Waals surface area (Å²) in [5, 5.41) is 9.51. The van der Waals surface area contributed by atoms with Crippen molar-refractivity contribution in [2.24, 2.45) is 0 Å². The third kappa shape index (κ3) is 5.02. The summed E-state index contributed by atoms with van der Waals surface area (Å²) in [6.07, 6.45) is 4.43. The van der Waals surface area contributed by atoms with Gasteiger partial charge >= 0.3 is 5.97 Å². The van der Waals surface area contributed by atoms with Crippen molar-refractivity contribution in [3.05, 3.63) is 39.5 Å². The molecule has 0 aliphatic carbocycles. The summed E-state index contributed by atoms with van der Waals surface area (Å²) in [6, 6.07) is 1.04. The van der Waals surface area contributed by atoms with Crippen molar-refractivity contribution in [1.82, 2.24) is 0 Å². The molecule has 1 aliphatic heterocycles. The monoisotopic (exact) mass is 390 g/mol. The Bertz CT molecular complexity index is 723. The van der Waals surface area contributed by atoms with E-state index in [1.54, 1.807) is 0 Å². The third-order valence-electron chi connectivity index (χ3n) is 5.33. The Morgan fingerprint density at radius 1 is 1.26 bits per heavy atom. The second-order valence-corrected chi connectivity index (χ2v) is 14.1. The van der Waals surface area contributed by atoms with Gasteiger partial charge in [-0.1, -0.05) is 39.6 Å². The van der Waals surface area contributed by atoms with Crippen LogP contribution in [0.2, 0.25) is 25.7 Å². The molecular formula is C22H34O4Si. The summed E-state index contributed by atoms with van der Waals surface area (Å²) in [7, 11) is -1.24. The van der Waals surface area contributed by atoms with Gasteiger partial charge in [-0.05, 0) is 48.9 Å². The molecule has 1 aromatic carbocycles. The highest BCUT2D eigenvalue weighted by atomic mass is 28.3. The number of carbonyl (C=O) groups excluding carboxylic acids is 1. The van der Waals surface area contributed by atoms with Crippen LogP contribution in [0.3, 0.4) is 0 Å². The van der Waals surface area contributed by atoms with Crippen LogP contribution in [0.25, 0.3) is 0 Å². The molecule has 0 aromatic heterocycles. The largest absolute Gasteiger partial charge is 0.493 e. The quantitative estimate of drug-likeness (QED) is 0.373. The Hall–Kier alpha value is -1.59. The fourth-order valence-corrected chi connectivity index (χ4v) is 4.22. The van der Waals surface area contributed by atoms with Gasteiger partial charge in [-0.25, -0.2) is 4.79 Å². The molecule has 1 N–H and O–H groups in total. The van der Waals surface area contributed by atoms with Crippen LogP contribution in [-0.2, 0) is 24.2 Å². The zero-order valence-electron chi connectivity index (χ0n) is 17.7. The van der Waals surface area contributed by atoms with E-state index in [0.717, 1.165) is 41.1 Å². The van der Waals surface area contributed by atoms with Crippen molar-refractivity contribution >= 4 is 14.0 Å². The van der Waals surface area contributed by atoms with Crippen LogP contribution in [0, 0.1) is 6.92 Å². The smallest absolute Gasteiger partial charge is 0.342 e. The topological polar surface area (TPSA) is 55.8 Å². The van der Waals surface area contributed by atoms with Gasteiger partial charge in [0.1, 0.15) is 17.9 Å². The van der Waals surface area contributed by atoms with Crippen LogP contribution in [0.15, 0.2) is 11.6 Å². The first kappa shape index (κ1) is 21.7. The first-order valence-corrected chi connectivity index (χ1v) is 13.7. The molecule has 0 spiro atoms. The summed E-state index contributed by atoms with van der Waals surface area (Å²) in [5.74, 6) is 0.430. The maximum atomic E-state index is 12.5. The number of benzene rings is 1. The van der Waals surface area contributed by atoms with E-state index in [0.29, 0.717) is 30.9 Å². The van der Waals surface area contributed by atoms with E-state index in [-0.39, 0.29) is 12.6 Å². The first-order valence-electron chi connectivity index (χ1n) is 9.99. The van der Waals surface area contributed by atoms with Crippen LogP contribution in [0.1, 0.15) is 52.9 Å². The molecule has 0 saturated carbocycles. The number of aliphatic hydroxyl groups excluding tert-OH is 1. The number of aliphatic hydroxyl groups is 1. The van der Waals surface area contributed by atoms with E-state index < -0.39 is 8.07 Å². The Balaban J connectivity index is 2.53. The molecule has 1 aromatic rings. The normalized spacial score (nSPS) is 14.3. The Labute approximate surface area is 164 Å². The number of carbonyl (C=O) groups is 1. The van der Waals surface area contributed by atoms with Crippen molar-refractivity contribution in [3.8, 4) is 5.75 Å². The van der Waals surface area contributed by atoms with Crippen molar-refractivity contribution in [2.75, 3.05) is 13.2 Å². The van der Waals surface area contributed by atoms with E-state index in [1.165, 1.54) is 5.56 Å². The van der Waals surface area contributed by atoms with Crippen LogP contribution < -0.4 is 4.74 Å². The molecule has 1 aliphatic rings. The van der Waals surface area contributed by atoms with Crippen LogP contribution >= 0.6 is 0 Å². The average molecular weight is 391 g/mol. The van der Waals surface area contributed by atoms with E-state index in [1.807, 2.05) is 6.92 Å². The average Bonchev–Trinajstić information content (AvgIpc) is 2.99. The molecule has 0 saturated heterocycles. The second-order valence-electron chi connectivity index (χ2n) is 8.43. The van der Waals surface area contributed by atoms with E-state index in [2.05, 4.69) is 39.6 Å². The number of allylic oxidation sites excluding steroid dienone is 1. The molecule has 0 fully saturated rings.